The summed E-state index contributed by atoms with van der Waals surface area (Å²) in [4.78, 5) is 3.70. The molecule has 0 aromatic carbocycles. The number of aliphatic hydroxyl groups excluding tert-OH is 1. The molecule has 15 heavy (non-hydrogen) atoms. The molecule has 0 amide bonds. The van der Waals surface area contributed by atoms with Gasteiger partial charge >= 0.3 is 0 Å². The first-order chi connectivity index (χ1) is 7.15. The lowest BCUT2D eigenvalue weighted by molar-refractivity contribution is 0.167. The molecule has 1 aromatic heterocycles. The quantitative estimate of drug-likeness (QED) is 0.813. The van der Waals surface area contributed by atoms with Gasteiger partial charge in [-0.25, -0.2) is 4.39 Å². The molecule has 0 radical (unpaired) electrons. The number of pyridine rings is 1. The van der Waals surface area contributed by atoms with Crippen LogP contribution in [-0.2, 0) is 6.54 Å². The Hall–Kier alpha value is -0.710. The molecule has 5 heteroatoms. The zero-order valence-electron chi connectivity index (χ0n) is 8.50. The molecular weight excluding hydrogens is 219 g/mol. The maximum Gasteiger partial charge on any atom is 0.160 e. The SMILES string of the molecule is CC[C@@H](O)CNCc1cncc(F)c1Cl. The van der Waals surface area contributed by atoms with E-state index in [0.29, 0.717) is 25.1 Å². The molecule has 0 aliphatic heterocycles. The first kappa shape index (κ1) is 12.4. The largest absolute Gasteiger partial charge is 0.392 e. The third kappa shape index (κ3) is 3.74. The van der Waals surface area contributed by atoms with Gasteiger partial charge in [-0.05, 0) is 6.42 Å². The van der Waals surface area contributed by atoms with Crippen molar-refractivity contribution in [2.75, 3.05) is 6.54 Å². The van der Waals surface area contributed by atoms with Crippen LogP contribution in [0.4, 0.5) is 4.39 Å². The van der Waals surface area contributed by atoms with Gasteiger partial charge in [0.05, 0.1) is 17.3 Å². The molecule has 2 N–H and O–H groups in total. The molecule has 1 aromatic rings. The van der Waals surface area contributed by atoms with Gasteiger partial charge in [0.2, 0.25) is 0 Å². The molecule has 0 fully saturated rings. The number of hydrogen-bond acceptors (Lipinski definition) is 3. The average Bonchev–Trinajstić information content (AvgIpc) is 2.24. The molecule has 0 saturated carbocycles. The predicted octanol–water partition coefficient (Wildman–Crippen LogP) is 1.73. The van der Waals surface area contributed by atoms with Crippen molar-refractivity contribution in [1.29, 1.82) is 0 Å². The third-order valence-electron chi connectivity index (χ3n) is 2.08. The summed E-state index contributed by atoms with van der Waals surface area (Å²) >= 11 is 5.72. The molecule has 1 atom stereocenters. The van der Waals surface area contributed by atoms with Gasteiger partial charge in [-0.1, -0.05) is 18.5 Å². The molecule has 84 valence electrons. The number of hydrogen-bond donors (Lipinski definition) is 2. The Morgan fingerprint density at radius 2 is 2.33 bits per heavy atom. The van der Waals surface area contributed by atoms with Crippen LogP contribution in [-0.4, -0.2) is 22.7 Å². The first-order valence-electron chi connectivity index (χ1n) is 4.81. The first-order valence-corrected chi connectivity index (χ1v) is 5.19. The van der Waals surface area contributed by atoms with Crippen molar-refractivity contribution in [1.82, 2.24) is 10.3 Å². The fraction of sp³-hybridized carbons (Fsp3) is 0.500. The Morgan fingerprint density at radius 1 is 1.60 bits per heavy atom. The molecule has 0 spiro atoms. The van der Waals surface area contributed by atoms with E-state index < -0.39 is 5.82 Å². The number of rotatable bonds is 5. The van der Waals surface area contributed by atoms with Crippen LogP contribution in [0.25, 0.3) is 0 Å². The summed E-state index contributed by atoms with van der Waals surface area (Å²) in [5, 5.41) is 12.3. The number of aromatic nitrogens is 1. The summed E-state index contributed by atoms with van der Waals surface area (Å²) in [6, 6.07) is 0. The summed E-state index contributed by atoms with van der Waals surface area (Å²) in [7, 11) is 0. The lowest BCUT2D eigenvalue weighted by atomic mass is 10.2. The van der Waals surface area contributed by atoms with Gasteiger partial charge in [-0.15, -0.1) is 0 Å². The standard InChI is InChI=1S/C10H14ClFN2O/c1-2-8(15)5-13-3-7-4-14-6-9(12)10(7)11/h4,6,8,13,15H,2-3,5H2,1H3/t8-/m1/s1. The highest BCUT2D eigenvalue weighted by Crippen LogP contribution is 2.17. The second-order valence-electron chi connectivity index (χ2n) is 3.29. The fourth-order valence-electron chi connectivity index (χ4n) is 1.10. The van der Waals surface area contributed by atoms with E-state index in [1.165, 1.54) is 6.20 Å². The van der Waals surface area contributed by atoms with Crippen LogP contribution in [0.15, 0.2) is 12.4 Å². The molecule has 1 rings (SSSR count). The van der Waals surface area contributed by atoms with E-state index in [4.69, 9.17) is 11.6 Å². The van der Waals surface area contributed by atoms with E-state index >= 15 is 0 Å². The highest BCUT2D eigenvalue weighted by molar-refractivity contribution is 6.31. The minimum atomic E-state index is -0.521. The zero-order valence-corrected chi connectivity index (χ0v) is 9.26. The minimum Gasteiger partial charge on any atom is -0.392 e. The van der Waals surface area contributed by atoms with Crippen molar-refractivity contribution >= 4 is 11.6 Å². The van der Waals surface area contributed by atoms with Crippen molar-refractivity contribution in [2.24, 2.45) is 0 Å². The van der Waals surface area contributed by atoms with E-state index in [2.05, 4.69) is 10.3 Å². The maximum absolute atomic E-state index is 13.0. The number of halogens is 2. The Bertz CT molecular complexity index is 322. The van der Waals surface area contributed by atoms with Crippen LogP contribution in [0, 0.1) is 5.82 Å². The zero-order chi connectivity index (χ0) is 11.3. The normalized spacial score (nSPS) is 12.8. The topological polar surface area (TPSA) is 45.1 Å². The summed E-state index contributed by atoms with van der Waals surface area (Å²) < 4.78 is 13.0. The molecule has 0 saturated heterocycles. The lowest BCUT2D eigenvalue weighted by Gasteiger charge is -2.10. The summed E-state index contributed by atoms with van der Waals surface area (Å²) in [5.74, 6) is -0.521. The Labute approximate surface area is 93.3 Å². The van der Waals surface area contributed by atoms with Gasteiger partial charge in [-0.3, -0.25) is 4.98 Å². The fourth-order valence-corrected chi connectivity index (χ4v) is 1.26. The maximum atomic E-state index is 13.0. The van der Waals surface area contributed by atoms with Crippen LogP contribution in [0.3, 0.4) is 0 Å². The van der Waals surface area contributed by atoms with E-state index in [1.54, 1.807) is 0 Å². The van der Waals surface area contributed by atoms with Crippen LogP contribution in [0.5, 0.6) is 0 Å². The number of aliphatic hydroxyl groups is 1. The Morgan fingerprint density at radius 3 is 3.00 bits per heavy atom. The molecule has 1 heterocycles. The second-order valence-corrected chi connectivity index (χ2v) is 3.67. The summed E-state index contributed by atoms with van der Waals surface area (Å²) in [6.07, 6.45) is 2.89. The van der Waals surface area contributed by atoms with Crippen LogP contribution >= 0.6 is 11.6 Å². The Balaban J connectivity index is 2.47. The van der Waals surface area contributed by atoms with E-state index in [9.17, 15) is 9.50 Å². The highest BCUT2D eigenvalue weighted by Gasteiger charge is 2.06. The molecule has 3 nitrogen and oxygen atoms in total. The second kappa shape index (κ2) is 6.00. The Kier molecular flexibility index (Phi) is 4.94. The van der Waals surface area contributed by atoms with Crippen LogP contribution < -0.4 is 5.32 Å². The molecule has 0 aliphatic rings. The number of nitrogens with one attached hydrogen (secondary N) is 1. The van der Waals surface area contributed by atoms with Crippen molar-refractivity contribution in [3.63, 3.8) is 0 Å². The summed E-state index contributed by atoms with van der Waals surface area (Å²) in [5.41, 5.74) is 0.597. The molecule has 0 unspecified atom stereocenters. The highest BCUT2D eigenvalue weighted by atomic mass is 35.5. The van der Waals surface area contributed by atoms with Gasteiger partial charge < -0.3 is 10.4 Å². The van der Waals surface area contributed by atoms with Gasteiger partial charge in [-0.2, -0.15) is 0 Å². The van der Waals surface area contributed by atoms with Crippen molar-refractivity contribution in [3.8, 4) is 0 Å². The van der Waals surface area contributed by atoms with E-state index in [0.717, 1.165) is 6.20 Å². The minimum absolute atomic E-state index is 0.0866. The summed E-state index contributed by atoms with van der Waals surface area (Å²) in [6.45, 7) is 2.76. The van der Waals surface area contributed by atoms with Crippen LogP contribution in [0.2, 0.25) is 5.02 Å². The third-order valence-corrected chi connectivity index (χ3v) is 2.50. The van der Waals surface area contributed by atoms with Crippen molar-refractivity contribution in [2.45, 2.75) is 26.0 Å². The molecule has 0 aliphatic carbocycles. The molecule has 0 bridgehead atoms. The smallest absolute Gasteiger partial charge is 0.160 e. The van der Waals surface area contributed by atoms with Crippen molar-refractivity contribution < 1.29 is 9.50 Å². The molecular formula is C10H14ClFN2O. The van der Waals surface area contributed by atoms with E-state index in [1.807, 2.05) is 6.92 Å². The number of nitrogens with zero attached hydrogens (tertiary/aromatic N) is 1. The monoisotopic (exact) mass is 232 g/mol. The van der Waals surface area contributed by atoms with Crippen LogP contribution in [0.1, 0.15) is 18.9 Å². The van der Waals surface area contributed by atoms with Gasteiger partial charge in [0.1, 0.15) is 0 Å². The van der Waals surface area contributed by atoms with Gasteiger partial charge in [0, 0.05) is 24.8 Å². The van der Waals surface area contributed by atoms with Crippen molar-refractivity contribution in [3.05, 3.63) is 28.8 Å². The van der Waals surface area contributed by atoms with Gasteiger partial charge in [0.15, 0.2) is 5.82 Å². The van der Waals surface area contributed by atoms with Gasteiger partial charge in [0.25, 0.3) is 0 Å². The van der Waals surface area contributed by atoms with E-state index in [-0.39, 0.29) is 11.1 Å². The average molecular weight is 233 g/mol. The predicted molar refractivity (Wildman–Crippen MR) is 57.2 cm³/mol. The lowest BCUT2D eigenvalue weighted by Crippen LogP contribution is -2.25.